The van der Waals surface area contributed by atoms with Crippen molar-refractivity contribution < 1.29 is 18.9 Å². The first-order valence-corrected chi connectivity index (χ1v) is 15.6. The summed E-state index contributed by atoms with van der Waals surface area (Å²) in [5.41, 5.74) is 0. The quantitative estimate of drug-likeness (QED) is 0.128. The summed E-state index contributed by atoms with van der Waals surface area (Å²) in [6.45, 7) is 12.3. The standard InChI is InChI=1S/C27H41ClO4S3/c1-20(2)30-15-24(17-35-27-12-14-33-19-27)29-13-6-7-22(5)31-16-25(32-21(3)4)18-34-26-10-8-23(28)9-11-26/h8-12,14,19-22,24-25H,6-7,13,15-18H2,1-5H3. The van der Waals surface area contributed by atoms with Crippen molar-refractivity contribution in [1.29, 1.82) is 0 Å². The second-order valence-corrected chi connectivity index (χ2v) is 12.4. The van der Waals surface area contributed by atoms with E-state index >= 15 is 0 Å². The topological polar surface area (TPSA) is 36.9 Å². The Labute approximate surface area is 229 Å². The molecule has 2 rings (SSSR count). The molecule has 0 aliphatic carbocycles. The second-order valence-electron chi connectivity index (χ2n) is 9.00. The predicted molar refractivity (Wildman–Crippen MR) is 153 cm³/mol. The Kier molecular flexibility index (Phi) is 16.0. The van der Waals surface area contributed by atoms with Crippen LogP contribution in [0.25, 0.3) is 0 Å². The molecule has 0 amide bonds. The molecule has 2 aromatic rings. The molecular formula is C27H41ClO4S3. The van der Waals surface area contributed by atoms with Crippen LogP contribution >= 0.6 is 46.5 Å². The van der Waals surface area contributed by atoms with Crippen LogP contribution in [0.4, 0.5) is 0 Å². The van der Waals surface area contributed by atoms with Crippen LogP contribution in [-0.2, 0) is 18.9 Å². The molecular weight excluding hydrogens is 520 g/mol. The average Bonchev–Trinajstić information content (AvgIpc) is 3.34. The lowest BCUT2D eigenvalue weighted by molar-refractivity contribution is -0.0565. The molecule has 198 valence electrons. The first-order chi connectivity index (χ1) is 16.8. The number of thiophene rings is 1. The molecule has 0 bridgehead atoms. The van der Waals surface area contributed by atoms with Crippen molar-refractivity contribution >= 4 is 46.5 Å². The van der Waals surface area contributed by atoms with Gasteiger partial charge in [0.15, 0.2) is 0 Å². The molecule has 1 heterocycles. The van der Waals surface area contributed by atoms with Gasteiger partial charge in [0.1, 0.15) is 0 Å². The molecule has 0 N–H and O–H groups in total. The monoisotopic (exact) mass is 560 g/mol. The average molecular weight is 561 g/mol. The van der Waals surface area contributed by atoms with Crippen LogP contribution in [0, 0.1) is 0 Å². The molecule has 1 aromatic carbocycles. The molecule has 35 heavy (non-hydrogen) atoms. The molecule has 1 aromatic heterocycles. The summed E-state index contributed by atoms with van der Waals surface area (Å²) in [5, 5.41) is 5.04. The number of rotatable bonds is 19. The Morgan fingerprint density at radius 1 is 0.800 bits per heavy atom. The highest BCUT2D eigenvalue weighted by Gasteiger charge is 2.16. The predicted octanol–water partition coefficient (Wildman–Crippen LogP) is 8.08. The van der Waals surface area contributed by atoms with Crippen molar-refractivity contribution in [2.75, 3.05) is 31.3 Å². The number of hydrogen-bond donors (Lipinski definition) is 0. The maximum atomic E-state index is 6.18. The van der Waals surface area contributed by atoms with Crippen molar-refractivity contribution in [1.82, 2.24) is 0 Å². The van der Waals surface area contributed by atoms with Crippen molar-refractivity contribution in [3.05, 3.63) is 46.1 Å². The number of ether oxygens (including phenoxy) is 4. The molecule has 3 unspecified atom stereocenters. The lowest BCUT2D eigenvalue weighted by Crippen LogP contribution is -2.28. The van der Waals surface area contributed by atoms with Gasteiger partial charge in [-0.1, -0.05) is 11.6 Å². The van der Waals surface area contributed by atoms with E-state index in [0.29, 0.717) is 19.8 Å². The molecule has 3 atom stereocenters. The van der Waals surface area contributed by atoms with Crippen LogP contribution in [0.15, 0.2) is 50.9 Å². The summed E-state index contributed by atoms with van der Waals surface area (Å²) < 4.78 is 24.3. The van der Waals surface area contributed by atoms with Crippen LogP contribution in [-0.4, -0.2) is 61.8 Å². The van der Waals surface area contributed by atoms with Crippen molar-refractivity contribution in [3.8, 4) is 0 Å². The van der Waals surface area contributed by atoms with Crippen LogP contribution in [0.3, 0.4) is 0 Å². The van der Waals surface area contributed by atoms with E-state index in [0.717, 1.165) is 29.4 Å². The molecule has 0 radical (unpaired) electrons. The fourth-order valence-corrected chi connectivity index (χ4v) is 5.96. The third-order valence-corrected chi connectivity index (χ3v) is 8.29. The van der Waals surface area contributed by atoms with E-state index in [9.17, 15) is 0 Å². The van der Waals surface area contributed by atoms with E-state index in [4.69, 9.17) is 30.5 Å². The summed E-state index contributed by atoms with van der Waals surface area (Å²) >= 11 is 11.3. The molecule has 0 saturated carbocycles. The first kappa shape index (κ1) is 31.0. The number of benzene rings is 1. The third-order valence-electron chi connectivity index (χ3n) is 4.94. The zero-order valence-electron chi connectivity index (χ0n) is 21.6. The SMILES string of the molecule is CC(C)OCC(CSc1ccsc1)OCCCC(C)OCC(CSc1ccc(Cl)cc1)OC(C)C. The fourth-order valence-electron chi connectivity index (χ4n) is 3.17. The fraction of sp³-hybridized carbons (Fsp3) is 0.630. The minimum absolute atomic E-state index is 0.0427. The summed E-state index contributed by atoms with van der Waals surface area (Å²) in [5.74, 6) is 1.74. The van der Waals surface area contributed by atoms with Gasteiger partial charge in [-0.3, -0.25) is 0 Å². The van der Waals surface area contributed by atoms with Crippen molar-refractivity contribution in [2.45, 2.75) is 87.8 Å². The van der Waals surface area contributed by atoms with E-state index in [1.54, 1.807) is 23.1 Å². The number of hydrogen-bond acceptors (Lipinski definition) is 7. The van der Waals surface area contributed by atoms with Crippen LogP contribution < -0.4 is 0 Å². The highest BCUT2D eigenvalue weighted by molar-refractivity contribution is 7.99. The summed E-state index contributed by atoms with van der Waals surface area (Å²) in [7, 11) is 0. The molecule has 0 saturated heterocycles. The minimum Gasteiger partial charge on any atom is -0.376 e. The highest BCUT2D eigenvalue weighted by atomic mass is 35.5. The Morgan fingerprint density at radius 3 is 2.14 bits per heavy atom. The van der Waals surface area contributed by atoms with Gasteiger partial charge in [0.05, 0.1) is 43.7 Å². The van der Waals surface area contributed by atoms with E-state index in [2.05, 4.69) is 51.4 Å². The Hall–Kier alpha value is -0.250. The van der Waals surface area contributed by atoms with Gasteiger partial charge in [-0.2, -0.15) is 11.3 Å². The Morgan fingerprint density at radius 2 is 1.49 bits per heavy atom. The zero-order chi connectivity index (χ0) is 25.5. The Balaban J connectivity index is 1.68. The lowest BCUT2D eigenvalue weighted by atomic mass is 10.2. The van der Waals surface area contributed by atoms with Gasteiger partial charge in [-0.15, -0.1) is 23.5 Å². The lowest BCUT2D eigenvalue weighted by Gasteiger charge is -2.23. The molecule has 0 fully saturated rings. The summed E-state index contributed by atoms with van der Waals surface area (Å²) in [4.78, 5) is 2.48. The van der Waals surface area contributed by atoms with Crippen molar-refractivity contribution in [2.24, 2.45) is 0 Å². The molecule has 4 nitrogen and oxygen atoms in total. The van der Waals surface area contributed by atoms with Gasteiger partial charge < -0.3 is 18.9 Å². The third kappa shape index (κ3) is 14.9. The molecule has 8 heteroatoms. The summed E-state index contributed by atoms with van der Waals surface area (Å²) in [6.07, 6.45) is 2.57. The first-order valence-electron chi connectivity index (χ1n) is 12.4. The molecule has 0 spiro atoms. The van der Waals surface area contributed by atoms with Crippen LogP contribution in [0.1, 0.15) is 47.5 Å². The van der Waals surface area contributed by atoms with Crippen molar-refractivity contribution in [3.63, 3.8) is 0 Å². The van der Waals surface area contributed by atoms with Gasteiger partial charge in [-0.05, 0) is 83.2 Å². The van der Waals surface area contributed by atoms with E-state index in [-0.39, 0.29) is 30.5 Å². The smallest absolute Gasteiger partial charge is 0.0905 e. The molecule has 0 aliphatic heterocycles. The highest BCUT2D eigenvalue weighted by Crippen LogP contribution is 2.24. The van der Waals surface area contributed by atoms with E-state index in [1.165, 1.54) is 9.79 Å². The number of thioether (sulfide) groups is 2. The normalized spacial score (nSPS) is 14.5. The number of halogens is 1. The second kappa shape index (κ2) is 18.1. The van der Waals surface area contributed by atoms with Gasteiger partial charge >= 0.3 is 0 Å². The maximum Gasteiger partial charge on any atom is 0.0905 e. The van der Waals surface area contributed by atoms with E-state index < -0.39 is 0 Å². The Bertz CT molecular complexity index is 771. The summed E-state index contributed by atoms with van der Waals surface area (Å²) in [6, 6.07) is 10.1. The zero-order valence-corrected chi connectivity index (χ0v) is 24.8. The minimum atomic E-state index is 0.0427. The van der Waals surface area contributed by atoms with Gasteiger partial charge in [0.2, 0.25) is 0 Å². The van der Waals surface area contributed by atoms with Crippen LogP contribution in [0.5, 0.6) is 0 Å². The van der Waals surface area contributed by atoms with Gasteiger partial charge in [-0.25, -0.2) is 0 Å². The largest absolute Gasteiger partial charge is 0.376 e. The maximum absolute atomic E-state index is 6.18. The van der Waals surface area contributed by atoms with Gasteiger partial charge in [0.25, 0.3) is 0 Å². The molecule has 0 aliphatic rings. The van der Waals surface area contributed by atoms with E-state index in [1.807, 2.05) is 36.0 Å². The van der Waals surface area contributed by atoms with Crippen LogP contribution in [0.2, 0.25) is 5.02 Å². The van der Waals surface area contributed by atoms with Gasteiger partial charge in [0, 0.05) is 38.3 Å².